The first-order valence-electron chi connectivity index (χ1n) is 10.1. The Morgan fingerprint density at radius 2 is 2.23 bits per heavy atom. The molecular weight excluding hydrogens is 385 g/mol. The summed E-state index contributed by atoms with van der Waals surface area (Å²) in [5, 5.41) is 6.53. The zero-order chi connectivity index (χ0) is 21.5. The first-order valence-corrected chi connectivity index (χ1v) is 10.1. The van der Waals surface area contributed by atoms with Crippen LogP contribution in [0.5, 0.6) is 11.5 Å². The number of amides is 1. The highest BCUT2D eigenvalue weighted by Gasteiger charge is 2.27. The Bertz CT molecular complexity index is 888. The lowest BCUT2D eigenvalue weighted by Crippen LogP contribution is -2.45. The van der Waals surface area contributed by atoms with Gasteiger partial charge in [-0.1, -0.05) is 19.9 Å². The average molecular weight is 413 g/mol. The van der Waals surface area contributed by atoms with Crippen LogP contribution in [0.2, 0.25) is 0 Å². The molecule has 1 unspecified atom stereocenters. The lowest BCUT2D eigenvalue weighted by atomic mass is 10.2. The number of guanidine groups is 1. The maximum atomic E-state index is 14.4. The van der Waals surface area contributed by atoms with Crippen molar-refractivity contribution in [3.63, 3.8) is 0 Å². The highest BCUT2D eigenvalue weighted by molar-refractivity contribution is 5.81. The summed E-state index contributed by atoms with van der Waals surface area (Å²) in [6, 6.07) is 8.43. The lowest BCUT2D eigenvalue weighted by Gasteiger charge is -2.20. The van der Waals surface area contributed by atoms with Crippen molar-refractivity contribution in [3.8, 4) is 11.5 Å². The second-order valence-corrected chi connectivity index (χ2v) is 7.55. The molecule has 0 radical (unpaired) electrons. The van der Waals surface area contributed by atoms with Crippen molar-refractivity contribution in [3.05, 3.63) is 54.1 Å². The van der Waals surface area contributed by atoms with Crippen LogP contribution in [-0.4, -0.2) is 47.9 Å². The summed E-state index contributed by atoms with van der Waals surface area (Å²) in [4.78, 5) is 22.2. The van der Waals surface area contributed by atoms with Crippen molar-refractivity contribution >= 4 is 11.9 Å². The number of likely N-dealkylation sites (tertiary alicyclic amines) is 1. The molecule has 1 atom stereocenters. The largest absolute Gasteiger partial charge is 0.453 e. The van der Waals surface area contributed by atoms with E-state index in [2.05, 4.69) is 20.6 Å². The fourth-order valence-electron chi connectivity index (χ4n) is 3.29. The quantitative estimate of drug-likeness (QED) is 0.562. The van der Waals surface area contributed by atoms with Gasteiger partial charge in [-0.25, -0.2) is 4.39 Å². The fourth-order valence-corrected chi connectivity index (χ4v) is 3.29. The number of hydrogen-bond donors (Lipinski definition) is 2. The van der Waals surface area contributed by atoms with E-state index in [0.717, 1.165) is 18.5 Å². The normalized spacial score (nSPS) is 16.6. The first-order chi connectivity index (χ1) is 14.5. The molecule has 7 nitrogen and oxygen atoms in total. The molecule has 0 bridgehead atoms. The lowest BCUT2D eigenvalue weighted by molar-refractivity contribution is -0.133. The number of nitrogens with zero attached hydrogens (tertiary/aromatic N) is 3. The van der Waals surface area contributed by atoms with Crippen LogP contribution in [0, 0.1) is 11.7 Å². The molecule has 1 amide bonds. The van der Waals surface area contributed by atoms with E-state index < -0.39 is 5.82 Å². The molecule has 1 aliphatic heterocycles. The smallest absolute Gasteiger partial charge is 0.225 e. The molecule has 0 saturated carbocycles. The summed E-state index contributed by atoms with van der Waals surface area (Å²) in [5.74, 6) is 0.978. The van der Waals surface area contributed by atoms with E-state index in [1.54, 1.807) is 37.5 Å². The van der Waals surface area contributed by atoms with E-state index >= 15 is 0 Å². The first kappa shape index (κ1) is 21.5. The Morgan fingerprint density at radius 1 is 1.40 bits per heavy atom. The van der Waals surface area contributed by atoms with Crippen molar-refractivity contribution in [2.24, 2.45) is 10.9 Å². The summed E-state index contributed by atoms with van der Waals surface area (Å²) in [6.45, 7) is 5.64. The monoisotopic (exact) mass is 413 g/mol. The number of nitrogens with one attached hydrogen (secondary N) is 2. The molecule has 3 rings (SSSR count). The number of aromatic nitrogens is 1. The zero-order valence-electron chi connectivity index (χ0n) is 17.6. The number of rotatable bonds is 6. The van der Waals surface area contributed by atoms with Gasteiger partial charge < -0.3 is 20.3 Å². The van der Waals surface area contributed by atoms with Crippen LogP contribution in [0.25, 0.3) is 0 Å². The Hall–Kier alpha value is -3.16. The standard InChI is InChI=1S/C22H28FN5O2/c1-15(2)21(29)28-10-8-17(14-28)27-22(24-3)26-12-16-6-7-20(19(23)11-16)30-18-5-4-9-25-13-18/h4-7,9,11,13,15,17H,8,10,12,14H2,1-3H3,(H2,24,26,27). The van der Waals surface area contributed by atoms with Gasteiger partial charge in [0.25, 0.3) is 0 Å². The van der Waals surface area contributed by atoms with Crippen LogP contribution in [-0.2, 0) is 11.3 Å². The minimum Gasteiger partial charge on any atom is -0.453 e. The molecule has 2 aromatic rings. The van der Waals surface area contributed by atoms with Gasteiger partial charge in [-0.3, -0.25) is 14.8 Å². The molecule has 2 heterocycles. The molecule has 1 aromatic carbocycles. The van der Waals surface area contributed by atoms with E-state index in [-0.39, 0.29) is 23.6 Å². The van der Waals surface area contributed by atoms with E-state index in [4.69, 9.17) is 4.74 Å². The molecule has 2 N–H and O–H groups in total. The van der Waals surface area contributed by atoms with Crippen molar-refractivity contribution < 1.29 is 13.9 Å². The predicted molar refractivity (Wildman–Crippen MR) is 114 cm³/mol. The maximum absolute atomic E-state index is 14.4. The highest BCUT2D eigenvalue weighted by Crippen LogP contribution is 2.24. The highest BCUT2D eigenvalue weighted by atomic mass is 19.1. The molecule has 0 aliphatic carbocycles. The van der Waals surface area contributed by atoms with Crippen LogP contribution in [0.3, 0.4) is 0 Å². The van der Waals surface area contributed by atoms with Crippen LogP contribution < -0.4 is 15.4 Å². The number of benzene rings is 1. The van der Waals surface area contributed by atoms with Gasteiger partial charge >= 0.3 is 0 Å². The second kappa shape index (κ2) is 10.0. The van der Waals surface area contributed by atoms with Gasteiger partial charge in [0, 0.05) is 44.8 Å². The number of hydrogen-bond acceptors (Lipinski definition) is 4. The third-order valence-electron chi connectivity index (χ3n) is 4.88. The van der Waals surface area contributed by atoms with Gasteiger partial charge in [-0.15, -0.1) is 0 Å². The van der Waals surface area contributed by atoms with Crippen LogP contribution in [0.15, 0.2) is 47.7 Å². The van der Waals surface area contributed by atoms with E-state index in [0.29, 0.717) is 24.8 Å². The van der Waals surface area contributed by atoms with Crippen LogP contribution >= 0.6 is 0 Å². The second-order valence-electron chi connectivity index (χ2n) is 7.55. The molecule has 0 spiro atoms. The Labute approximate surface area is 176 Å². The van der Waals surface area contributed by atoms with Crippen molar-refractivity contribution in [2.45, 2.75) is 32.9 Å². The van der Waals surface area contributed by atoms with Gasteiger partial charge in [0.1, 0.15) is 5.75 Å². The molecule has 160 valence electrons. The number of aliphatic imine (C=N–C) groups is 1. The average Bonchev–Trinajstić information content (AvgIpc) is 3.21. The van der Waals surface area contributed by atoms with Crippen LogP contribution in [0.4, 0.5) is 4.39 Å². The summed E-state index contributed by atoms with van der Waals surface area (Å²) in [5.41, 5.74) is 0.761. The number of carbonyl (C=O) groups excluding carboxylic acids is 1. The number of halogens is 1. The minimum absolute atomic E-state index is 0.00110. The number of ether oxygens (including phenoxy) is 1. The third-order valence-corrected chi connectivity index (χ3v) is 4.88. The van der Waals surface area contributed by atoms with Crippen LogP contribution in [0.1, 0.15) is 25.8 Å². The number of carbonyl (C=O) groups is 1. The van der Waals surface area contributed by atoms with Gasteiger partial charge in [0.2, 0.25) is 5.91 Å². The summed E-state index contributed by atoms with van der Waals surface area (Å²) in [6.07, 6.45) is 4.03. The molecular formula is C22H28FN5O2. The van der Waals surface area contributed by atoms with Gasteiger partial charge in [-0.2, -0.15) is 0 Å². The third kappa shape index (κ3) is 5.68. The molecule has 1 fully saturated rings. The van der Waals surface area contributed by atoms with Gasteiger partial charge in [0.05, 0.1) is 6.20 Å². The van der Waals surface area contributed by atoms with Gasteiger partial charge in [0.15, 0.2) is 17.5 Å². The topological polar surface area (TPSA) is 78.9 Å². The Morgan fingerprint density at radius 3 is 2.90 bits per heavy atom. The summed E-state index contributed by atoms with van der Waals surface area (Å²) < 4.78 is 19.9. The molecule has 1 saturated heterocycles. The van der Waals surface area contributed by atoms with E-state index in [9.17, 15) is 9.18 Å². The molecule has 8 heteroatoms. The zero-order valence-corrected chi connectivity index (χ0v) is 17.6. The Balaban J connectivity index is 1.51. The molecule has 1 aliphatic rings. The van der Waals surface area contributed by atoms with Gasteiger partial charge in [-0.05, 0) is 36.2 Å². The SMILES string of the molecule is CN=C(NCc1ccc(Oc2cccnc2)c(F)c1)NC1CCN(C(=O)C(C)C)C1. The van der Waals surface area contributed by atoms with E-state index in [1.165, 1.54) is 12.3 Å². The van der Waals surface area contributed by atoms with Crippen molar-refractivity contribution in [2.75, 3.05) is 20.1 Å². The maximum Gasteiger partial charge on any atom is 0.225 e. The minimum atomic E-state index is -0.445. The Kier molecular flexibility index (Phi) is 7.21. The predicted octanol–water partition coefficient (Wildman–Crippen LogP) is 2.93. The van der Waals surface area contributed by atoms with Crippen molar-refractivity contribution in [1.29, 1.82) is 0 Å². The van der Waals surface area contributed by atoms with Crippen molar-refractivity contribution in [1.82, 2.24) is 20.5 Å². The number of pyridine rings is 1. The summed E-state index contributed by atoms with van der Waals surface area (Å²) >= 11 is 0. The molecule has 30 heavy (non-hydrogen) atoms. The fraction of sp³-hybridized carbons (Fsp3) is 0.409. The summed E-state index contributed by atoms with van der Waals surface area (Å²) in [7, 11) is 1.69. The van der Waals surface area contributed by atoms with E-state index in [1.807, 2.05) is 18.7 Å². The molecule has 1 aromatic heterocycles.